The maximum Gasteiger partial charge on any atom is 0.416 e. The highest BCUT2D eigenvalue weighted by molar-refractivity contribution is 7.09. The van der Waals surface area contributed by atoms with Crippen LogP contribution < -0.4 is 5.32 Å². The van der Waals surface area contributed by atoms with Crippen molar-refractivity contribution in [2.75, 3.05) is 26.3 Å². The minimum atomic E-state index is -4.41. The number of morpholine rings is 1. The Labute approximate surface area is 152 Å². The number of amides is 1. The second kappa shape index (κ2) is 8.15. The van der Waals surface area contributed by atoms with Crippen molar-refractivity contribution >= 4 is 17.2 Å². The molecule has 0 saturated carbocycles. The SMILES string of the molecule is O=C(NCc1nc(CN2CCOCC2)cs1)c1ccc(C(F)(F)F)cc1. The summed E-state index contributed by atoms with van der Waals surface area (Å²) in [7, 11) is 0. The topological polar surface area (TPSA) is 54.5 Å². The van der Waals surface area contributed by atoms with Gasteiger partial charge < -0.3 is 10.1 Å². The van der Waals surface area contributed by atoms with Crippen LogP contribution in [0.15, 0.2) is 29.6 Å². The lowest BCUT2D eigenvalue weighted by Gasteiger charge is -2.25. The van der Waals surface area contributed by atoms with Crippen LogP contribution in [-0.4, -0.2) is 42.1 Å². The van der Waals surface area contributed by atoms with Crippen LogP contribution in [0.4, 0.5) is 13.2 Å². The molecule has 1 aromatic heterocycles. The Hall–Kier alpha value is -1.97. The number of carbonyl (C=O) groups excluding carboxylic acids is 1. The molecule has 1 fully saturated rings. The fourth-order valence-electron chi connectivity index (χ4n) is 2.56. The zero-order valence-electron chi connectivity index (χ0n) is 13.9. The molecule has 9 heteroatoms. The van der Waals surface area contributed by atoms with Crippen LogP contribution in [0.1, 0.15) is 26.6 Å². The molecule has 1 aromatic carbocycles. The highest BCUT2D eigenvalue weighted by Gasteiger charge is 2.30. The van der Waals surface area contributed by atoms with Gasteiger partial charge in [0.15, 0.2) is 0 Å². The van der Waals surface area contributed by atoms with E-state index in [4.69, 9.17) is 4.74 Å². The summed E-state index contributed by atoms with van der Waals surface area (Å²) < 4.78 is 42.9. The average Bonchev–Trinajstić information content (AvgIpc) is 3.07. The van der Waals surface area contributed by atoms with E-state index in [9.17, 15) is 18.0 Å². The van der Waals surface area contributed by atoms with Crippen LogP contribution in [0.2, 0.25) is 0 Å². The zero-order valence-corrected chi connectivity index (χ0v) is 14.7. The molecule has 5 nitrogen and oxygen atoms in total. The molecule has 0 radical (unpaired) electrons. The van der Waals surface area contributed by atoms with Gasteiger partial charge in [-0.25, -0.2) is 4.98 Å². The summed E-state index contributed by atoms with van der Waals surface area (Å²) >= 11 is 1.45. The van der Waals surface area contributed by atoms with Crippen molar-refractivity contribution in [3.05, 3.63) is 51.5 Å². The number of benzene rings is 1. The van der Waals surface area contributed by atoms with E-state index < -0.39 is 17.6 Å². The van der Waals surface area contributed by atoms with E-state index in [-0.39, 0.29) is 12.1 Å². The second-order valence-electron chi connectivity index (χ2n) is 5.88. The van der Waals surface area contributed by atoms with Crippen molar-refractivity contribution in [3.8, 4) is 0 Å². The fraction of sp³-hybridized carbons (Fsp3) is 0.412. The van der Waals surface area contributed by atoms with Gasteiger partial charge in [-0.1, -0.05) is 0 Å². The number of aromatic nitrogens is 1. The van der Waals surface area contributed by atoms with Crippen LogP contribution in [0.3, 0.4) is 0 Å². The molecular formula is C17H18F3N3O2S. The molecule has 1 aliphatic heterocycles. The third-order valence-corrected chi connectivity index (χ3v) is 4.86. The Kier molecular flexibility index (Phi) is 5.90. The first kappa shape index (κ1) is 18.8. The smallest absolute Gasteiger partial charge is 0.379 e. The number of thiazole rings is 1. The molecule has 2 aromatic rings. The third kappa shape index (κ3) is 5.03. The summed E-state index contributed by atoms with van der Waals surface area (Å²) in [6.45, 7) is 4.18. The second-order valence-corrected chi connectivity index (χ2v) is 6.82. The van der Waals surface area contributed by atoms with E-state index in [1.807, 2.05) is 5.38 Å². The third-order valence-electron chi connectivity index (χ3n) is 3.96. The van der Waals surface area contributed by atoms with E-state index in [0.717, 1.165) is 55.7 Å². The molecule has 0 aliphatic carbocycles. The zero-order chi connectivity index (χ0) is 18.6. The van der Waals surface area contributed by atoms with Gasteiger partial charge in [0.25, 0.3) is 5.91 Å². The van der Waals surface area contributed by atoms with Crippen LogP contribution in [-0.2, 0) is 24.0 Å². The van der Waals surface area contributed by atoms with Crippen LogP contribution in [0.25, 0.3) is 0 Å². The summed E-state index contributed by atoms with van der Waals surface area (Å²) in [6.07, 6.45) is -4.41. The highest BCUT2D eigenvalue weighted by Crippen LogP contribution is 2.29. The fourth-order valence-corrected chi connectivity index (χ4v) is 3.28. The number of nitrogens with zero attached hydrogens (tertiary/aromatic N) is 2. The van der Waals surface area contributed by atoms with E-state index >= 15 is 0 Å². The Morgan fingerprint density at radius 2 is 1.92 bits per heavy atom. The molecule has 1 saturated heterocycles. The monoisotopic (exact) mass is 385 g/mol. The van der Waals surface area contributed by atoms with Crippen molar-refractivity contribution in [3.63, 3.8) is 0 Å². The van der Waals surface area contributed by atoms with E-state index in [1.54, 1.807) is 0 Å². The summed E-state index contributed by atoms with van der Waals surface area (Å²) in [6, 6.07) is 4.14. The normalized spacial score (nSPS) is 15.8. The predicted molar refractivity (Wildman–Crippen MR) is 90.8 cm³/mol. The molecule has 26 heavy (non-hydrogen) atoms. The molecule has 0 bridgehead atoms. The van der Waals surface area contributed by atoms with Gasteiger partial charge in [0.2, 0.25) is 0 Å². The van der Waals surface area contributed by atoms with Crippen LogP contribution in [0, 0.1) is 0 Å². The molecule has 1 amide bonds. The Bertz CT molecular complexity index is 740. The van der Waals surface area contributed by atoms with Crippen molar-refractivity contribution in [2.24, 2.45) is 0 Å². The number of ether oxygens (including phenoxy) is 1. The van der Waals surface area contributed by atoms with Gasteiger partial charge in [0.1, 0.15) is 5.01 Å². The van der Waals surface area contributed by atoms with Crippen LogP contribution in [0.5, 0.6) is 0 Å². The van der Waals surface area contributed by atoms with Crippen molar-refractivity contribution in [1.82, 2.24) is 15.2 Å². The van der Waals surface area contributed by atoms with Gasteiger partial charge in [-0.3, -0.25) is 9.69 Å². The number of halogens is 3. The van der Waals surface area contributed by atoms with Gasteiger partial charge in [-0.2, -0.15) is 13.2 Å². The lowest BCUT2D eigenvalue weighted by molar-refractivity contribution is -0.137. The number of hydrogen-bond acceptors (Lipinski definition) is 5. The quantitative estimate of drug-likeness (QED) is 0.860. The molecule has 0 unspecified atom stereocenters. The number of carbonyl (C=O) groups is 1. The maximum atomic E-state index is 12.5. The van der Waals surface area contributed by atoms with E-state index in [1.165, 1.54) is 23.5 Å². The Balaban J connectivity index is 1.51. The van der Waals surface area contributed by atoms with Crippen molar-refractivity contribution in [1.29, 1.82) is 0 Å². The van der Waals surface area contributed by atoms with Crippen molar-refractivity contribution in [2.45, 2.75) is 19.3 Å². The van der Waals surface area contributed by atoms with E-state index in [0.29, 0.717) is 0 Å². The molecule has 1 aliphatic rings. The van der Waals surface area contributed by atoms with Gasteiger partial charge in [0, 0.05) is 30.6 Å². The van der Waals surface area contributed by atoms with Crippen molar-refractivity contribution < 1.29 is 22.7 Å². The lowest BCUT2D eigenvalue weighted by Crippen LogP contribution is -2.35. The average molecular weight is 385 g/mol. The molecule has 0 atom stereocenters. The Morgan fingerprint density at radius 1 is 1.23 bits per heavy atom. The summed E-state index contributed by atoms with van der Waals surface area (Å²) in [5, 5.41) is 5.40. The number of rotatable bonds is 5. The number of alkyl halides is 3. The largest absolute Gasteiger partial charge is 0.416 e. The first-order valence-electron chi connectivity index (χ1n) is 8.10. The summed E-state index contributed by atoms with van der Waals surface area (Å²) in [4.78, 5) is 18.8. The summed E-state index contributed by atoms with van der Waals surface area (Å²) in [5.41, 5.74) is 0.348. The molecule has 1 N–H and O–H groups in total. The molecule has 140 valence electrons. The Morgan fingerprint density at radius 3 is 2.58 bits per heavy atom. The summed E-state index contributed by atoms with van der Waals surface area (Å²) in [5.74, 6) is -0.427. The predicted octanol–water partition coefficient (Wildman–Crippen LogP) is 2.92. The first-order chi connectivity index (χ1) is 12.4. The van der Waals surface area contributed by atoms with Gasteiger partial charge in [-0.05, 0) is 24.3 Å². The lowest BCUT2D eigenvalue weighted by atomic mass is 10.1. The molecule has 0 spiro atoms. The van der Waals surface area contributed by atoms with E-state index in [2.05, 4.69) is 15.2 Å². The number of hydrogen-bond donors (Lipinski definition) is 1. The molecular weight excluding hydrogens is 367 g/mol. The maximum absolute atomic E-state index is 12.5. The van der Waals surface area contributed by atoms with Gasteiger partial charge in [-0.15, -0.1) is 11.3 Å². The molecule has 2 heterocycles. The van der Waals surface area contributed by atoms with Gasteiger partial charge in [0.05, 0.1) is 31.0 Å². The standard InChI is InChI=1S/C17H18F3N3O2S/c18-17(19,20)13-3-1-12(2-4-13)16(24)21-9-15-22-14(11-26-15)10-23-5-7-25-8-6-23/h1-4,11H,5-10H2,(H,21,24). The van der Waals surface area contributed by atoms with Gasteiger partial charge >= 0.3 is 6.18 Å². The minimum Gasteiger partial charge on any atom is -0.379 e. The van der Waals surface area contributed by atoms with Crippen LogP contribution >= 0.6 is 11.3 Å². The number of nitrogens with one attached hydrogen (secondary N) is 1. The highest BCUT2D eigenvalue weighted by atomic mass is 32.1. The first-order valence-corrected chi connectivity index (χ1v) is 8.98. The minimum absolute atomic E-state index is 0.183. The molecule has 3 rings (SSSR count).